The highest BCUT2D eigenvalue weighted by atomic mass is 19.4. The van der Waals surface area contributed by atoms with Gasteiger partial charge in [-0.15, -0.1) is 0 Å². The van der Waals surface area contributed by atoms with Crippen LogP contribution in [0.25, 0.3) is 0 Å². The summed E-state index contributed by atoms with van der Waals surface area (Å²) >= 11 is 0. The molecule has 1 rings (SSSR count). The highest BCUT2D eigenvalue weighted by Gasteiger charge is 2.35. The van der Waals surface area contributed by atoms with Crippen LogP contribution in [0.15, 0.2) is 34.9 Å². The summed E-state index contributed by atoms with van der Waals surface area (Å²) in [5.74, 6) is 0. The van der Waals surface area contributed by atoms with Crippen LogP contribution in [0.5, 0.6) is 0 Å². The van der Waals surface area contributed by atoms with Crippen LogP contribution < -0.4 is 0 Å². The van der Waals surface area contributed by atoms with Crippen LogP contribution in [-0.4, -0.2) is 12.4 Å². The van der Waals surface area contributed by atoms with Gasteiger partial charge >= 0.3 is 12.4 Å². The molecule has 1 aliphatic rings. The van der Waals surface area contributed by atoms with E-state index >= 15 is 0 Å². The third kappa shape index (κ3) is 4.28. The Hall–Kier alpha value is -1.20. The molecule has 0 aliphatic heterocycles. The third-order valence-corrected chi connectivity index (χ3v) is 2.26. The number of hydrogen-bond donors (Lipinski definition) is 0. The van der Waals surface area contributed by atoms with Crippen molar-refractivity contribution in [3.8, 4) is 0 Å². The summed E-state index contributed by atoms with van der Waals surface area (Å²) in [6.07, 6.45) is -7.49. The van der Waals surface area contributed by atoms with Crippen LogP contribution in [0.1, 0.15) is 19.8 Å². The molecule has 0 nitrogen and oxygen atoms in total. The van der Waals surface area contributed by atoms with Crippen LogP contribution in [0, 0.1) is 0 Å². The van der Waals surface area contributed by atoms with E-state index < -0.39 is 24.3 Å². The van der Waals surface area contributed by atoms with Crippen molar-refractivity contribution >= 4 is 0 Å². The fraction of sp³-hybridized carbons (Fsp3) is 0.455. The molecule has 0 aromatic heterocycles. The van der Waals surface area contributed by atoms with Gasteiger partial charge < -0.3 is 0 Å². The zero-order valence-corrected chi connectivity index (χ0v) is 8.91. The second-order valence-electron chi connectivity index (χ2n) is 3.81. The lowest BCUT2D eigenvalue weighted by Crippen LogP contribution is -2.13. The van der Waals surface area contributed by atoms with E-state index in [0.717, 1.165) is 6.08 Å². The molecule has 0 aromatic carbocycles. The average molecular weight is 256 g/mol. The van der Waals surface area contributed by atoms with Gasteiger partial charge in [-0.1, -0.05) is 17.7 Å². The van der Waals surface area contributed by atoms with Crippen LogP contribution in [0.4, 0.5) is 26.3 Å². The highest BCUT2D eigenvalue weighted by molar-refractivity contribution is 5.40. The van der Waals surface area contributed by atoms with Gasteiger partial charge in [-0.05, 0) is 25.0 Å². The number of hydrogen-bond acceptors (Lipinski definition) is 0. The normalized spacial score (nSPS) is 18.2. The molecule has 0 radical (unpaired) electrons. The van der Waals surface area contributed by atoms with Crippen molar-refractivity contribution in [2.45, 2.75) is 32.1 Å². The molecule has 96 valence electrons. The lowest BCUT2D eigenvalue weighted by Gasteiger charge is -2.12. The average Bonchev–Trinajstić information content (AvgIpc) is 2.24. The van der Waals surface area contributed by atoms with Gasteiger partial charge in [-0.2, -0.15) is 26.3 Å². The van der Waals surface area contributed by atoms with Crippen molar-refractivity contribution < 1.29 is 26.3 Å². The Morgan fingerprint density at radius 1 is 1.12 bits per heavy atom. The van der Waals surface area contributed by atoms with Gasteiger partial charge in [-0.3, -0.25) is 0 Å². The highest BCUT2D eigenvalue weighted by Crippen LogP contribution is 2.35. The SMILES string of the molecule is CC1=C(C(F)(F)F)C=C(CC(F)(F)F)C=CC1. The van der Waals surface area contributed by atoms with Crippen LogP contribution in [0.2, 0.25) is 0 Å². The molecular weight excluding hydrogens is 246 g/mol. The second kappa shape index (κ2) is 4.58. The van der Waals surface area contributed by atoms with E-state index in [4.69, 9.17) is 0 Å². The Balaban J connectivity index is 3.08. The molecule has 0 aromatic rings. The zero-order chi connectivity index (χ0) is 13.3. The van der Waals surface area contributed by atoms with Crippen LogP contribution >= 0.6 is 0 Å². The monoisotopic (exact) mass is 256 g/mol. The molecule has 0 spiro atoms. The lowest BCUT2D eigenvalue weighted by atomic mass is 10.1. The Bertz CT molecular complexity index is 378. The number of allylic oxidation sites excluding steroid dienone is 6. The Morgan fingerprint density at radius 2 is 1.71 bits per heavy atom. The minimum atomic E-state index is -4.62. The zero-order valence-electron chi connectivity index (χ0n) is 8.91. The summed E-state index contributed by atoms with van der Waals surface area (Å²) < 4.78 is 74.1. The molecule has 0 unspecified atom stereocenters. The van der Waals surface area contributed by atoms with Gasteiger partial charge in [0, 0.05) is 0 Å². The minimum absolute atomic E-state index is 0.00665. The first-order chi connectivity index (χ1) is 7.59. The van der Waals surface area contributed by atoms with E-state index in [9.17, 15) is 26.3 Å². The van der Waals surface area contributed by atoms with E-state index in [-0.39, 0.29) is 17.6 Å². The minimum Gasteiger partial charge on any atom is -0.171 e. The van der Waals surface area contributed by atoms with Gasteiger partial charge in [0.2, 0.25) is 0 Å². The second-order valence-corrected chi connectivity index (χ2v) is 3.81. The summed E-state index contributed by atoms with van der Waals surface area (Å²) in [6, 6.07) is 0. The third-order valence-electron chi connectivity index (χ3n) is 2.26. The van der Waals surface area contributed by atoms with E-state index in [0.29, 0.717) is 6.08 Å². The van der Waals surface area contributed by atoms with Gasteiger partial charge in [0.15, 0.2) is 0 Å². The largest absolute Gasteiger partial charge is 0.416 e. The number of alkyl halides is 6. The van der Waals surface area contributed by atoms with Crippen molar-refractivity contribution in [1.29, 1.82) is 0 Å². The van der Waals surface area contributed by atoms with Gasteiger partial charge in [0.1, 0.15) is 0 Å². The molecule has 6 heteroatoms. The summed E-state index contributed by atoms with van der Waals surface area (Å²) in [4.78, 5) is 0. The van der Waals surface area contributed by atoms with Crippen molar-refractivity contribution in [1.82, 2.24) is 0 Å². The summed E-state index contributed by atoms with van der Waals surface area (Å²) in [5, 5.41) is 0. The van der Waals surface area contributed by atoms with E-state index in [1.807, 2.05) is 0 Å². The molecule has 0 heterocycles. The molecule has 0 saturated heterocycles. The molecule has 0 saturated carbocycles. The van der Waals surface area contributed by atoms with E-state index in [2.05, 4.69) is 0 Å². The number of rotatable bonds is 1. The molecule has 0 amide bonds. The topological polar surface area (TPSA) is 0 Å². The quantitative estimate of drug-likeness (QED) is 0.596. The fourth-order valence-corrected chi connectivity index (χ4v) is 1.52. The standard InChI is InChI=1S/C11H10F6/c1-7-3-2-4-8(6-10(12,13)14)5-9(7)11(15,16)17/h2,4-5H,3,6H2,1H3. The first-order valence-corrected chi connectivity index (χ1v) is 4.80. The first-order valence-electron chi connectivity index (χ1n) is 4.80. The van der Waals surface area contributed by atoms with Gasteiger partial charge in [0.05, 0.1) is 12.0 Å². The molecule has 0 fully saturated rings. The Labute approximate surface area is 94.3 Å². The number of halogens is 6. The van der Waals surface area contributed by atoms with Crippen LogP contribution in [-0.2, 0) is 0 Å². The fourth-order valence-electron chi connectivity index (χ4n) is 1.52. The van der Waals surface area contributed by atoms with E-state index in [1.165, 1.54) is 13.0 Å². The summed E-state index contributed by atoms with van der Waals surface area (Å²) in [6.45, 7) is 1.26. The summed E-state index contributed by atoms with van der Waals surface area (Å²) in [5.41, 5.74) is -1.34. The smallest absolute Gasteiger partial charge is 0.171 e. The molecular formula is C11H10F6. The van der Waals surface area contributed by atoms with E-state index in [1.54, 1.807) is 0 Å². The first kappa shape index (κ1) is 13.9. The van der Waals surface area contributed by atoms with Crippen LogP contribution in [0.3, 0.4) is 0 Å². The lowest BCUT2D eigenvalue weighted by molar-refractivity contribution is -0.126. The van der Waals surface area contributed by atoms with Crippen molar-refractivity contribution in [3.05, 3.63) is 34.9 Å². The molecule has 0 atom stereocenters. The maximum absolute atomic E-state index is 12.6. The van der Waals surface area contributed by atoms with Crippen molar-refractivity contribution in [3.63, 3.8) is 0 Å². The predicted octanol–water partition coefficient (Wildman–Crippen LogP) is 4.70. The molecule has 17 heavy (non-hydrogen) atoms. The maximum Gasteiger partial charge on any atom is 0.416 e. The van der Waals surface area contributed by atoms with Gasteiger partial charge in [-0.25, -0.2) is 0 Å². The maximum atomic E-state index is 12.6. The summed E-state index contributed by atoms with van der Waals surface area (Å²) in [7, 11) is 0. The van der Waals surface area contributed by atoms with Crippen molar-refractivity contribution in [2.75, 3.05) is 0 Å². The Morgan fingerprint density at radius 3 is 2.18 bits per heavy atom. The molecule has 1 aliphatic carbocycles. The van der Waals surface area contributed by atoms with Gasteiger partial charge in [0.25, 0.3) is 0 Å². The molecule has 0 bridgehead atoms. The predicted molar refractivity (Wildman–Crippen MR) is 51.3 cm³/mol. The van der Waals surface area contributed by atoms with Crippen molar-refractivity contribution in [2.24, 2.45) is 0 Å². The molecule has 0 N–H and O–H groups in total. The Kier molecular flexibility index (Phi) is 3.74.